The summed E-state index contributed by atoms with van der Waals surface area (Å²) in [5.41, 5.74) is 3.20. The number of amides is 1. The standard InChI is InChI=1S/C13H14N2O/c1-8-4-3-5-10-6-11-13(16)14-7-9(2)15(11)12(8)10/h3-6,9H,7H2,1-2H3,(H,14,16)/t9-/m1/s1. The average Bonchev–Trinajstić information content (AvgIpc) is 2.65. The Bertz CT molecular complexity index is 583. The zero-order chi connectivity index (χ0) is 11.3. The molecule has 16 heavy (non-hydrogen) atoms. The summed E-state index contributed by atoms with van der Waals surface area (Å²) in [7, 11) is 0. The number of carbonyl (C=O) groups excluding carboxylic acids is 1. The summed E-state index contributed by atoms with van der Waals surface area (Å²) in [6.07, 6.45) is 0. The highest BCUT2D eigenvalue weighted by Crippen LogP contribution is 2.28. The molecule has 0 bridgehead atoms. The van der Waals surface area contributed by atoms with Crippen LogP contribution in [0.2, 0.25) is 0 Å². The number of aryl methyl sites for hydroxylation is 1. The molecule has 0 fully saturated rings. The molecule has 3 heteroatoms. The van der Waals surface area contributed by atoms with Crippen LogP contribution in [-0.4, -0.2) is 17.0 Å². The second kappa shape index (κ2) is 3.11. The molecule has 1 N–H and O–H groups in total. The number of aromatic nitrogens is 1. The van der Waals surface area contributed by atoms with E-state index in [-0.39, 0.29) is 5.91 Å². The van der Waals surface area contributed by atoms with Crippen molar-refractivity contribution in [2.24, 2.45) is 0 Å². The lowest BCUT2D eigenvalue weighted by Crippen LogP contribution is -2.37. The monoisotopic (exact) mass is 214 g/mol. The third-order valence-electron chi connectivity index (χ3n) is 3.29. The van der Waals surface area contributed by atoms with Crippen LogP contribution >= 0.6 is 0 Å². The zero-order valence-corrected chi connectivity index (χ0v) is 9.45. The number of hydrogen-bond acceptors (Lipinski definition) is 1. The molecule has 0 spiro atoms. The Morgan fingerprint density at radius 3 is 3.06 bits per heavy atom. The van der Waals surface area contributed by atoms with Crippen molar-refractivity contribution in [3.63, 3.8) is 0 Å². The molecular weight excluding hydrogens is 200 g/mol. The number of benzene rings is 1. The van der Waals surface area contributed by atoms with Crippen molar-refractivity contribution < 1.29 is 4.79 Å². The van der Waals surface area contributed by atoms with Crippen LogP contribution in [0.25, 0.3) is 10.9 Å². The number of nitrogens with one attached hydrogen (secondary N) is 1. The molecule has 1 aromatic carbocycles. The van der Waals surface area contributed by atoms with Crippen molar-refractivity contribution in [3.8, 4) is 0 Å². The summed E-state index contributed by atoms with van der Waals surface area (Å²) >= 11 is 0. The molecule has 1 aromatic heterocycles. The SMILES string of the molecule is Cc1cccc2cc3n(c12)[C@H](C)CNC3=O. The lowest BCUT2D eigenvalue weighted by molar-refractivity contribution is 0.0919. The van der Waals surface area contributed by atoms with Crippen molar-refractivity contribution >= 4 is 16.8 Å². The highest BCUT2D eigenvalue weighted by atomic mass is 16.2. The quantitative estimate of drug-likeness (QED) is 0.717. The first-order valence-corrected chi connectivity index (χ1v) is 5.57. The summed E-state index contributed by atoms with van der Waals surface area (Å²) in [6.45, 7) is 4.94. The molecule has 3 nitrogen and oxygen atoms in total. The lowest BCUT2D eigenvalue weighted by Gasteiger charge is -2.24. The summed E-state index contributed by atoms with van der Waals surface area (Å²) in [6, 6.07) is 8.49. The van der Waals surface area contributed by atoms with E-state index < -0.39 is 0 Å². The first-order valence-electron chi connectivity index (χ1n) is 5.57. The Balaban J connectivity index is 2.43. The number of fused-ring (bicyclic) bond motifs is 3. The molecule has 0 unspecified atom stereocenters. The largest absolute Gasteiger partial charge is 0.349 e. The molecule has 0 saturated heterocycles. The van der Waals surface area contributed by atoms with Gasteiger partial charge in [0.05, 0.1) is 5.52 Å². The van der Waals surface area contributed by atoms with Gasteiger partial charge in [0.2, 0.25) is 0 Å². The molecule has 1 aliphatic rings. The second-order valence-electron chi connectivity index (χ2n) is 4.47. The van der Waals surface area contributed by atoms with Gasteiger partial charge in [-0.15, -0.1) is 0 Å². The van der Waals surface area contributed by atoms with Gasteiger partial charge in [-0.25, -0.2) is 0 Å². The van der Waals surface area contributed by atoms with E-state index in [1.807, 2.05) is 12.1 Å². The normalized spacial score (nSPS) is 19.6. The van der Waals surface area contributed by atoms with Crippen molar-refractivity contribution in [1.29, 1.82) is 0 Å². The minimum Gasteiger partial charge on any atom is -0.349 e. The van der Waals surface area contributed by atoms with Crippen LogP contribution in [0.1, 0.15) is 29.0 Å². The Kier molecular flexibility index (Phi) is 1.84. The Hall–Kier alpha value is -1.77. The molecular formula is C13H14N2O. The fraction of sp³-hybridized carbons (Fsp3) is 0.308. The van der Waals surface area contributed by atoms with Crippen LogP contribution in [0.5, 0.6) is 0 Å². The first kappa shape index (κ1) is 9.46. The maximum atomic E-state index is 11.8. The van der Waals surface area contributed by atoms with E-state index in [2.05, 4.69) is 35.9 Å². The molecule has 2 aromatic rings. The maximum absolute atomic E-state index is 11.8. The topological polar surface area (TPSA) is 34.0 Å². The minimum absolute atomic E-state index is 0.0358. The molecule has 0 radical (unpaired) electrons. The Morgan fingerprint density at radius 1 is 1.44 bits per heavy atom. The van der Waals surface area contributed by atoms with Crippen LogP contribution in [-0.2, 0) is 0 Å². The predicted octanol–water partition coefficient (Wildman–Crippen LogP) is 2.25. The number of carbonyl (C=O) groups is 1. The average molecular weight is 214 g/mol. The predicted molar refractivity (Wildman–Crippen MR) is 63.7 cm³/mol. The van der Waals surface area contributed by atoms with Gasteiger partial charge >= 0.3 is 0 Å². The molecule has 1 atom stereocenters. The number of rotatable bonds is 0. The third-order valence-corrected chi connectivity index (χ3v) is 3.29. The molecule has 3 rings (SSSR count). The van der Waals surface area contributed by atoms with Crippen LogP contribution in [0, 0.1) is 6.92 Å². The van der Waals surface area contributed by atoms with E-state index in [9.17, 15) is 4.79 Å². The van der Waals surface area contributed by atoms with Crippen LogP contribution in [0.4, 0.5) is 0 Å². The molecule has 0 aliphatic carbocycles. The van der Waals surface area contributed by atoms with Crippen molar-refractivity contribution in [2.75, 3.05) is 6.54 Å². The van der Waals surface area contributed by atoms with Crippen molar-refractivity contribution in [1.82, 2.24) is 9.88 Å². The zero-order valence-electron chi connectivity index (χ0n) is 9.45. The van der Waals surface area contributed by atoms with Gasteiger partial charge in [0.25, 0.3) is 5.91 Å². The van der Waals surface area contributed by atoms with Gasteiger partial charge in [0, 0.05) is 18.0 Å². The van der Waals surface area contributed by atoms with Crippen molar-refractivity contribution in [3.05, 3.63) is 35.5 Å². The fourth-order valence-electron chi connectivity index (χ4n) is 2.52. The van der Waals surface area contributed by atoms with Crippen molar-refractivity contribution in [2.45, 2.75) is 19.9 Å². The van der Waals surface area contributed by atoms with E-state index in [1.165, 1.54) is 11.1 Å². The summed E-state index contributed by atoms with van der Waals surface area (Å²) in [5, 5.41) is 4.06. The van der Waals surface area contributed by atoms with E-state index >= 15 is 0 Å². The highest BCUT2D eigenvalue weighted by Gasteiger charge is 2.24. The Morgan fingerprint density at radius 2 is 2.25 bits per heavy atom. The molecule has 2 heterocycles. The van der Waals surface area contributed by atoms with E-state index in [0.29, 0.717) is 12.6 Å². The maximum Gasteiger partial charge on any atom is 0.268 e. The highest BCUT2D eigenvalue weighted by molar-refractivity contribution is 6.00. The van der Waals surface area contributed by atoms with Gasteiger partial charge in [0.15, 0.2) is 0 Å². The molecule has 82 valence electrons. The minimum atomic E-state index is 0.0358. The van der Waals surface area contributed by atoms with Gasteiger partial charge < -0.3 is 9.88 Å². The van der Waals surface area contributed by atoms with Gasteiger partial charge in [0.1, 0.15) is 5.69 Å². The van der Waals surface area contributed by atoms with Gasteiger partial charge in [-0.05, 0) is 25.5 Å². The summed E-state index contributed by atoms with van der Waals surface area (Å²) in [4.78, 5) is 11.8. The molecule has 1 aliphatic heterocycles. The van der Waals surface area contributed by atoms with Crippen LogP contribution in [0.15, 0.2) is 24.3 Å². The van der Waals surface area contributed by atoms with E-state index in [4.69, 9.17) is 0 Å². The summed E-state index contributed by atoms with van der Waals surface area (Å²) in [5.74, 6) is 0.0358. The number of para-hydroxylation sites is 1. The van der Waals surface area contributed by atoms with Gasteiger partial charge in [-0.2, -0.15) is 0 Å². The van der Waals surface area contributed by atoms with Crippen LogP contribution in [0.3, 0.4) is 0 Å². The fourth-order valence-corrected chi connectivity index (χ4v) is 2.52. The molecule has 1 amide bonds. The smallest absolute Gasteiger partial charge is 0.268 e. The van der Waals surface area contributed by atoms with E-state index in [0.717, 1.165) is 11.1 Å². The van der Waals surface area contributed by atoms with E-state index in [1.54, 1.807) is 0 Å². The summed E-state index contributed by atoms with van der Waals surface area (Å²) < 4.78 is 2.16. The number of nitrogens with zero attached hydrogens (tertiary/aromatic N) is 1. The third kappa shape index (κ3) is 1.11. The molecule has 0 saturated carbocycles. The second-order valence-corrected chi connectivity index (χ2v) is 4.47. The number of hydrogen-bond donors (Lipinski definition) is 1. The van der Waals surface area contributed by atoms with Gasteiger partial charge in [-0.3, -0.25) is 4.79 Å². The lowest BCUT2D eigenvalue weighted by atomic mass is 10.1. The van der Waals surface area contributed by atoms with Crippen LogP contribution < -0.4 is 5.32 Å². The Labute approximate surface area is 94.1 Å². The first-order chi connectivity index (χ1) is 7.68. The van der Waals surface area contributed by atoms with Gasteiger partial charge in [-0.1, -0.05) is 18.2 Å².